The normalized spacial score (nSPS) is 15.0. The van der Waals surface area contributed by atoms with Crippen LogP contribution in [0.1, 0.15) is 35.4 Å². The van der Waals surface area contributed by atoms with E-state index in [4.69, 9.17) is 0 Å². The lowest BCUT2D eigenvalue weighted by molar-refractivity contribution is -0.133. The molecule has 2 heteroatoms. The van der Waals surface area contributed by atoms with Crippen LogP contribution in [-0.2, 0) is 11.2 Å². The lowest BCUT2D eigenvalue weighted by Crippen LogP contribution is -2.41. The van der Waals surface area contributed by atoms with Crippen molar-refractivity contribution in [1.29, 1.82) is 0 Å². The minimum absolute atomic E-state index is 0.215. The van der Waals surface area contributed by atoms with Gasteiger partial charge >= 0.3 is 0 Å². The average molecular weight is 370 g/mol. The first-order valence-electron chi connectivity index (χ1n) is 10.2. The van der Waals surface area contributed by atoms with Gasteiger partial charge in [-0.25, -0.2) is 0 Å². The lowest BCUT2D eigenvalue weighted by Gasteiger charge is -2.34. The number of piperidine rings is 1. The number of carbonyl (C=O) groups is 1. The van der Waals surface area contributed by atoms with Crippen molar-refractivity contribution in [2.24, 2.45) is 5.92 Å². The van der Waals surface area contributed by atoms with Crippen LogP contribution in [0.4, 0.5) is 0 Å². The molecule has 3 aromatic rings. The zero-order valence-corrected chi connectivity index (χ0v) is 16.2. The van der Waals surface area contributed by atoms with Crippen LogP contribution in [-0.4, -0.2) is 23.9 Å². The van der Waals surface area contributed by atoms with Gasteiger partial charge in [-0.15, -0.1) is 0 Å². The van der Waals surface area contributed by atoms with Gasteiger partial charge in [0.2, 0.25) is 5.91 Å². The third-order valence-corrected chi connectivity index (χ3v) is 5.81. The van der Waals surface area contributed by atoms with Crippen molar-refractivity contribution in [2.75, 3.05) is 13.1 Å². The van der Waals surface area contributed by atoms with E-state index in [9.17, 15) is 4.79 Å². The molecule has 0 aliphatic carbocycles. The number of nitrogens with zero attached hydrogens (tertiary/aromatic N) is 1. The number of benzene rings is 3. The fraction of sp³-hybridized carbons (Fsp3) is 0.269. The molecule has 1 heterocycles. The molecule has 1 saturated heterocycles. The van der Waals surface area contributed by atoms with E-state index in [1.54, 1.807) is 0 Å². The molecule has 0 bridgehead atoms. The number of hydrogen-bond acceptors (Lipinski definition) is 1. The van der Waals surface area contributed by atoms with Crippen molar-refractivity contribution in [3.8, 4) is 0 Å². The molecule has 142 valence electrons. The Morgan fingerprint density at radius 3 is 1.71 bits per heavy atom. The number of likely N-dealkylation sites (tertiary alicyclic amines) is 1. The smallest absolute Gasteiger partial charge is 0.234 e. The zero-order chi connectivity index (χ0) is 19.2. The summed E-state index contributed by atoms with van der Waals surface area (Å²) in [5.74, 6) is 0.682. The van der Waals surface area contributed by atoms with E-state index in [2.05, 4.69) is 59.5 Å². The molecule has 0 aromatic heterocycles. The SMILES string of the molecule is O=C(C(c1ccccc1)c1ccccc1)N1CCC(Cc2ccccc2)CC1. The molecule has 0 N–H and O–H groups in total. The summed E-state index contributed by atoms with van der Waals surface area (Å²) in [5.41, 5.74) is 3.55. The number of amides is 1. The first-order chi connectivity index (χ1) is 13.8. The highest BCUT2D eigenvalue weighted by Gasteiger charge is 2.30. The first-order valence-corrected chi connectivity index (χ1v) is 10.2. The highest BCUT2D eigenvalue weighted by molar-refractivity contribution is 5.87. The highest BCUT2D eigenvalue weighted by Crippen LogP contribution is 2.29. The summed E-state index contributed by atoms with van der Waals surface area (Å²) >= 11 is 0. The predicted molar refractivity (Wildman–Crippen MR) is 114 cm³/mol. The second-order valence-electron chi connectivity index (χ2n) is 7.71. The summed E-state index contributed by atoms with van der Waals surface area (Å²) in [4.78, 5) is 15.6. The molecule has 28 heavy (non-hydrogen) atoms. The summed E-state index contributed by atoms with van der Waals surface area (Å²) in [5, 5.41) is 0. The van der Waals surface area contributed by atoms with Crippen LogP contribution in [0.25, 0.3) is 0 Å². The van der Waals surface area contributed by atoms with Crippen LogP contribution < -0.4 is 0 Å². The maximum atomic E-state index is 13.5. The Kier molecular flexibility index (Phi) is 5.86. The molecule has 0 unspecified atom stereocenters. The third kappa shape index (κ3) is 4.33. The van der Waals surface area contributed by atoms with Crippen LogP contribution in [0.2, 0.25) is 0 Å². The van der Waals surface area contributed by atoms with Gasteiger partial charge in [0, 0.05) is 13.1 Å². The second kappa shape index (κ2) is 8.88. The molecule has 0 atom stereocenters. The molecular weight excluding hydrogens is 342 g/mol. The summed E-state index contributed by atoms with van der Waals surface area (Å²) in [6.45, 7) is 1.71. The molecular formula is C26H27NO. The Hall–Kier alpha value is -2.87. The third-order valence-electron chi connectivity index (χ3n) is 5.81. The summed E-state index contributed by atoms with van der Waals surface area (Å²) in [7, 11) is 0. The summed E-state index contributed by atoms with van der Waals surface area (Å²) < 4.78 is 0. The van der Waals surface area contributed by atoms with E-state index in [0.717, 1.165) is 43.5 Å². The van der Waals surface area contributed by atoms with Gasteiger partial charge in [-0.05, 0) is 41.9 Å². The van der Waals surface area contributed by atoms with Crippen LogP contribution in [0.15, 0.2) is 91.0 Å². The van der Waals surface area contributed by atoms with Gasteiger partial charge in [-0.2, -0.15) is 0 Å². The van der Waals surface area contributed by atoms with Crippen molar-refractivity contribution < 1.29 is 4.79 Å². The molecule has 1 amide bonds. The molecule has 0 radical (unpaired) electrons. The monoisotopic (exact) mass is 369 g/mol. The molecule has 4 rings (SSSR count). The molecule has 3 aromatic carbocycles. The molecule has 1 aliphatic rings. The second-order valence-corrected chi connectivity index (χ2v) is 7.71. The number of carbonyl (C=O) groups excluding carboxylic acids is 1. The Bertz CT molecular complexity index is 829. The average Bonchev–Trinajstić information content (AvgIpc) is 2.77. The highest BCUT2D eigenvalue weighted by atomic mass is 16.2. The number of rotatable bonds is 5. The van der Waals surface area contributed by atoms with E-state index < -0.39 is 0 Å². The zero-order valence-electron chi connectivity index (χ0n) is 16.2. The molecule has 2 nitrogen and oxygen atoms in total. The maximum absolute atomic E-state index is 13.5. The fourth-order valence-corrected chi connectivity index (χ4v) is 4.26. The van der Waals surface area contributed by atoms with Crippen molar-refractivity contribution in [2.45, 2.75) is 25.2 Å². The van der Waals surface area contributed by atoms with Crippen molar-refractivity contribution >= 4 is 5.91 Å². The van der Waals surface area contributed by atoms with Gasteiger partial charge in [-0.3, -0.25) is 4.79 Å². The van der Waals surface area contributed by atoms with Gasteiger partial charge < -0.3 is 4.90 Å². The predicted octanol–water partition coefficient (Wildman–Crippen LogP) is 5.30. The van der Waals surface area contributed by atoms with E-state index in [0.29, 0.717) is 5.92 Å². The van der Waals surface area contributed by atoms with Gasteiger partial charge in [0.15, 0.2) is 0 Å². The first kappa shape index (κ1) is 18.5. The molecule has 1 aliphatic heterocycles. The van der Waals surface area contributed by atoms with Crippen LogP contribution >= 0.6 is 0 Å². The maximum Gasteiger partial charge on any atom is 0.234 e. The van der Waals surface area contributed by atoms with Gasteiger partial charge in [0.25, 0.3) is 0 Å². The molecule has 0 saturated carbocycles. The van der Waals surface area contributed by atoms with E-state index in [-0.39, 0.29) is 11.8 Å². The molecule has 1 fully saturated rings. The van der Waals surface area contributed by atoms with E-state index in [1.807, 2.05) is 36.4 Å². The minimum atomic E-state index is -0.215. The number of hydrogen-bond donors (Lipinski definition) is 0. The van der Waals surface area contributed by atoms with Gasteiger partial charge in [0.1, 0.15) is 0 Å². The summed E-state index contributed by atoms with van der Waals surface area (Å²) in [6.07, 6.45) is 3.28. The van der Waals surface area contributed by atoms with E-state index in [1.165, 1.54) is 5.56 Å². The Morgan fingerprint density at radius 2 is 1.21 bits per heavy atom. The van der Waals surface area contributed by atoms with E-state index >= 15 is 0 Å². The van der Waals surface area contributed by atoms with Crippen LogP contribution in [0.5, 0.6) is 0 Å². The summed E-state index contributed by atoms with van der Waals surface area (Å²) in [6, 6.07) is 31.1. The fourth-order valence-electron chi connectivity index (χ4n) is 4.26. The van der Waals surface area contributed by atoms with Crippen LogP contribution in [0, 0.1) is 5.92 Å². The van der Waals surface area contributed by atoms with Crippen LogP contribution in [0.3, 0.4) is 0 Å². The largest absolute Gasteiger partial charge is 0.342 e. The van der Waals surface area contributed by atoms with Crippen molar-refractivity contribution in [3.63, 3.8) is 0 Å². The topological polar surface area (TPSA) is 20.3 Å². The van der Waals surface area contributed by atoms with Crippen molar-refractivity contribution in [1.82, 2.24) is 4.90 Å². The lowest BCUT2D eigenvalue weighted by atomic mass is 9.87. The standard InChI is InChI=1S/C26H27NO/c28-26(25(23-12-6-2-7-13-23)24-14-8-3-9-15-24)27-18-16-22(17-19-27)20-21-10-4-1-5-11-21/h1-15,22,25H,16-20H2. The quantitative estimate of drug-likeness (QED) is 0.598. The van der Waals surface area contributed by atoms with Gasteiger partial charge in [-0.1, -0.05) is 91.0 Å². The molecule has 0 spiro atoms. The Labute approximate surface area is 167 Å². The van der Waals surface area contributed by atoms with Crippen molar-refractivity contribution in [3.05, 3.63) is 108 Å². The Morgan fingerprint density at radius 1 is 0.750 bits per heavy atom. The van der Waals surface area contributed by atoms with Gasteiger partial charge in [0.05, 0.1) is 5.92 Å². The minimum Gasteiger partial charge on any atom is -0.342 e. The Balaban J connectivity index is 1.46.